The molecule has 27 heavy (non-hydrogen) atoms. The van der Waals surface area contributed by atoms with Crippen LogP contribution in [-0.4, -0.2) is 18.0 Å². The zero-order chi connectivity index (χ0) is 18.5. The summed E-state index contributed by atoms with van der Waals surface area (Å²) in [5.41, 5.74) is 13.9. The van der Waals surface area contributed by atoms with Gasteiger partial charge in [0.2, 0.25) is 0 Å². The fraction of sp³-hybridized carbons (Fsp3) is 0.280. The van der Waals surface area contributed by atoms with Gasteiger partial charge in [-0.15, -0.1) is 0 Å². The number of benzene rings is 3. The van der Waals surface area contributed by atoms with Crippen molar-refractivity contribution in [2.24, 2.45) is 5.73 Å². The number of hydrogen-bond acceptors (Lipinski definition) is 2. The lowest BCUT2D eigenvalue weighted by Gasteiger charge is -2.28. The van der Waals surface area contributed by atoms with Gasteiger partial charge in [0, 0.05) is 13.1 Å². The zero-order valence-corrected chi connectivity index (χ0v) is 15.9. The fourth-order valence-corrected chi connectivity index (χ4v) is 4.22. The second-order valence-electron chi connectivity index (χ2n) is 7.41. The van der Waals surface area contributed by atoms with Crippen molar-refractivity contribution in [2.75, 3.05) is 13.1 Å². The van der Waals surface area contributed by atoms with Crippen LogP contribution >= 0.6 is 0 Å². The molecule has 0 unspecified atom stereocenters. The first-order chi connectivity index (χ1) is 13.4. The Morgan fingerprint density at radius 2 is 1.15 bits per heavy atom. The molecule has 0 aliphatic carbocycles. The molecule has 0 spiro atoms. The van der Waals surface area contributed by atoms with Crippen molar-refractivity contribution < 1.29 is 0 Å². The maximum absolute atomic E-state index is 6.16. The predicted octanol–water partition coefficient (Wildman–Crippen LogP) is 5.47. The molecule has 1 fully saturated rings. The van der Waals surface area contributed by atoms with E-state index in [1.165, 1.54) is 65.7 Å². The Balaban J connectivity index is 1.88. The molecule has 3 aromatic carbocycles. The van der Waals surface area contributed by atoms with Crippen LogP contribution < -0.4 is 5.73 Å². The van der Waals surface area contributed by atoms with Crippen molar-refractivity contribution in [1.82, 2.24) is 4.90 Å². The number of piperidine rings is 1. The number of rotatable bonds is 5. The van der Waals surface area contributed by atoms with Gasteiger partial charge >= 0.3 is 0 Å². The molecule has 2 heteroatoms. The summed E-state index contributed by atoms with van der Waals surface area (Å²) in [6.45, 7) is 3.96. The number of likely N-dealkylation sites (tertiary alicyclic amines) is 1. The normalized spacial score (nSPS) is 15.0. The van der Waals surface area contributed by atoms with Gasteiger partial charge in [-0.2, -0.15) is 0 Å². The van der Waals surface area contributed by atoms with Crippen molar-refractivity contribution in [3.05, 3.63) is 83.9 Å². The average Bonchev–Trinajstić information content (AvgIpc) is 2.75. The van der Waals surface area contributed by atoms with Gasteiger partial charge in [0.1, 0.15) is 0 Å². The fourth-order valence-electron chi connectivity index (χ4n) is 4.22. The summed E-state index contributed by atoms with van der Waals surface area (Å²) < 4.78 is 0. The molecule has 4 rings (SSSR count). The number of nitrogens with zero attached hydrogens (tertiary/aromatic N) is 1. The first kappa shape index (κ1) is 18.0. The minimum absolute atomic E-state index is 0.550. The van der Waals surface area contributed by atoms with Crippen LogP contribution in [0.3, 0.4) is 0 Å². The summed E-state index contributed by atoms with van der Waals surface area (Å²) in [4.78, 5) is 2.60. The quantitative estimate of drug-likeness (QED) is 0.657. The number of nitrogens with two attached hydrogens (primary N) is 1. The molecule has 0 bridgehead atoms. The highest BCUT2D eigenvalue weighted by Crippen LogP contribution is 2.38. The molecule has 1 saturated heterocycles. The van der Waals surface area contributed by atoms with E-state index in [1.54, 1.807) is 0 Å². The third kappa shape index (κ3) is 3.97. The Morgan fingerprint density at radius 1 is 0.630 bits per heavy atom. The topological polar surface area (TPSA) is 29.3 Å². The minimum atomic E-state index is 0.550. The van der Waals surface area contributed by atoms with Crippen LogP contribution in [0.1, 0.15) is 30.4 Å². The first-order valence-corrected chi connectivity index (χ1v) is 10.0. The van der Waals surface area contributed by atoms with Crippen LogP contribution in [0.5, 0.6) is 0 Å². The minimum Gasteiger partial charge on any atom is -0.326 e. The molecule has 3 aromatic rings. The van der Waals surface area contributed by atoms with E-state index < -0.39 is 0 Å². The molecule has 1 heterocycles. The Kier molecular flexibility index (Phi) is 5.66. The van der Waals surface area contributed by atoms with Gasteiger partial charge in [-0.25, -0.2) is 0 Å². The molecule has 0 aromatic heterocycles. The van der Waals surface area contributed by atoms with E-state index >= 15 is 0 Å². The van der Waals surface area contributed by atoms with Crippen LogP contribution in [0, 0.1) is 0 Å². The Bertz CT molecular complexity index is 866. The molecule has 2 N–H and O–H groups in total. The van der Waals surface area contributed by atoms with Crippen LogP contribution in [0.2, 0.25) is 0 Å². The Hall–Kier alpha value is -2.42. The lowest BCUT2D eigenvalue weighted by Crippen LogP contribution is -2.29. The smallest absolute Gasteiger partial charge is 0.0240 e. The Labute approximate surface area is 162 Å². The first-order valence-electron chi connectivity index (χ1n) is 10.0. The lowest BCUT2D eigenvalue weighted by molar-refractivity contribution is 0.221. The summed E-state index contributed by atoms with van der Waals surface area (Å²) in [6, 6.07) is 26.0. The van der Waals surface area contributed by atoms with E-state index in [0.29, 0.717) is 6.54 Å². The molecule has 1 aliphatic rings. The Morgan fingerprint density at radius 3 is 1.70 bits per heavy atom. The summed E-state index contributed by atoms with van der Waals surface area (Å²) in [7, 11) is 0. The van der Waals surface area contributed by atoms with Gasteiger partial charge in [0.25, 0.3) is 0 Å². The molecule has 2 nitrogen and oxygen atoms in total. The van der Waals surface area contributed by atoms with E-state index in [0.717, 1.165) is 6.54 Å². The van der Waals surface area contributed by atoms with Crippen molar-refractivity contribution in [1.29, 1.82) is 0 Å². The molecule has 0 atom stereocenters. The average molecular weight is 357 g/mol. The summed E-state index contributed by atoms with van der Waals surface area (Å²) in [5, 5.41) is 0. The third-order valence-electron chi connectivity index (χ3n) is 5.57. The maximum atomic E-state index is 6.16. The highest BCUT2D eigenvalue weighted by atomic mass is 15.1. The van der Waals surface area contributed by atoms with Crippen molar-refractivity contribution >= 4 is 0 Å². The van der Waals surface area contributed by atoms with Gasteiger partial charge in [-0.05, 0) is 59.3 Å². The number of hydrogen-bond donors (Lipinski definition) is 1. The van der Waals surface area contributed by atoms with Gasteiger partial charge in [-0.3, -0.25) is 4.90 Å². The SMILES string of the molecule is NCc1ccc(CN2CCCCC2)c(-c2ccccc2)c1-c1ccccc1. The molecule has 0 amide bonds. The van der Waals surface area contributed by atoms with E-state index in [1.807, 2.05) is 0 Å². The van der Waals surface area contributed by atoms with Gasteiger partial charge in [0.15, 0.2) is 0 Å². The van der Waals surface area contributed by atoms with Gasteiger partial charge < -0.3 is 5.73 Å². The highest BCUT2D eigenvalue weighted by molar-refractivity contribution is 5.88. The van der Waals surface area contributed by atoms with E-state index in [2.05, 4.69) is 77.7 Å². The second kappa shape index (κ2) is 8.51. The molecular formula is C25H28N2. The van der Waals surface area contributed by atoms with E-state index in [4.69, 9.17) is 5.73 Å². The van der Waals surface area contributed by atoms with Crippen molar-refractivity contribution in [3.63, 3.8) is 0 Å². The van der Waals surface area contributed by atoms with Crippen LogP contribution in [0.4, 0.5) is 0 Å². The molecule has 0 saturated carbocycles. The van der Waals surface area contributed by atoms with Crippen LogP contribution in [-0.2, 0) is 13.1 Å². The molecule has 0 radical (unpaired) electrons. The maximum Gasteiger partial charge on any atom is 0.0240 e. The molecule has 138 valence electrons. The second-order valence-corrected chi connectivity index (χ2v) is 7.41. The van der Waals surface area contributed by atoms with Crippen LogP contribution in [0.25, 0.3) is 22.3 Å². The van der Waals surface area contributed by atoms with E-state index in [9.17, 15) is 0 Å². The molecule has 1 aliphatic heterocycles. The summed E-state index contributed by atoms with van der Waals surface area (Å²) in [5.74, 6) is 0. The van der Waals surface area contributed by atoms with Crippen LogP contribution in [0.15, 0.2) is 72.8 Å². The molecular weight excluding hydrogens is 328 g/mol. The lowest BCUT2D eigenvalue weighted by atomic mass is 9.86. The summed E-state index contributed by atoms with van der Waals surface area (Å²) >= 11 is 0. The highest BCUT2D eigenvalue weighted by Gasteiger charge is 2.19. The third-order valence-corrected chi connectivity index (χ3v) is 5.57. The van der Waals surface area contributed by atoms with E-state index in [-0.39, 0.29) is 0 Å². The predicted molar refractivity (Wildman–Crippen MR) is 114 cm³/mol. The standard InChI is InChI=1S/C25H28N2/c26-18-22-14-15-23(19-27-16-8-3-9-17-27)25(21-12-6-2-7-13-21)24(22)20-10-4-1-5-11-20/h1-2,4-7,10-15H,3,8-9,16-19,26H2. The monoisotopic (exact) mass is 356 g/mol. The van der Waals surface area contributed by atoms with Gasteiger partial charge in [-0.1, -0.05) is 79.2 Å². The summed E-state index contributed by atoms with van der Waals surface area (Å²) in [6.07, 6.45) is 3.99. The van der Waals surface area contributed by atoms with Crippen molar-refractivity contribution in [3.8, 4) is 22.3 Å². The van der Waals surface area contributed by atoms with Gasteiger partial charge in [0.05, 0.1) is 0 Å². The van der Waals surface area contributed by atoms with Crippen molar-refractivity contribution in [2.45, 2.75) is 32.4 Å². The largest absolute Gasteiger partial charge is 0.326 e. The zero-order valence-electron chi connectivity index (χ0n) is 15.9.